The predicted octanol–water partition coefficient (Wildman–Crippen LogP) is 5.72. The van der Waals surface area contributed by atoms with Crippen LogP contribution in [0.15, 0.2) is 22.7 Å². The molecule has 0 spiro atoms. The van der Waals surface area contributed by atoms with E-state index in [1.165, 1.54) is 31.2 Å². The lowest BCUT2D eigenvalue weighted by Crippen LogP contribution is -2.22. The molecule has 18 heavy (non-hydrogen) atoms. The lowest BCUT2D eigenvalue weighted by Gasteiger charge is -2.19. The second-order valence-corrected chi connectivity index (χ2v) is 6.06. The Bertz CT molecular complexity index is 334. The normalized spacial score (nSPS) is 12.7. The third kappa shape index (κ3) is 5.73. The number of hydrogen-bond donors (Lipinski definition) is 1. The first-order chi connectivity index (χ1) is 8.67. The number of halogens is 2. The minimum atomic E-state index is 0.423. The first kappa shape index (κ1) is 16.0. The summed E-state index contributed by atoms with van der Waals surface area (Å²) >= 11 is 9.65. The van der Waals surface area contributed by atoms with Gasteiger partial charge in [0.15, 0.2) is 0 Å². The average Bonchev–Trinajstić information content (AvgIpc) is 2.32. The fraction of sp³-hybridized carbons (Fsp3) is 0.600. The number of rotatable bonds is 8. The number of benzene rings is 1. The van der Waals surface area contributed by atoms with Gasteiger partial charge < -0.3 is 5.32 Å². The second-order valence-electron chi connectivity index (χ2n) is 4.71. The summed E-state index contributed by atoms with van der Waals surface area (Å²) in [6.45, 7) is 5.50. The Morgan fingerprint density at radius 2 is 1.94 bits per heavy atom. The Labute approximate surface area is 124 Å². The fourth-order valence-electron chi connectivity index (χ4n) is 2.08. The van der Waals surface area contributed by atoms with Crippen molar-refractivity contribution in [2.24, 2.45) is 0 Å². The predicted molar refractivity (Wildman–Crippen MR) is 84.3 cm³/mol. The monoisotopic (exact) mass is 331 g/mol. The lowest BCUT2D eigenvalue weighted by atomic mass is 10.0. The van der Waals surface area contributed by atoms with E-state index in [0.29, 0.717) is 6.04 Å². The molecule has 1 N–H and O–H groups in total. The van der Waals surface area contributed by atoms with Gasteiger partial charge in [-0.15, -0.1) is 0 Å². The highest BCUT2D eigenvalue weighted by atomic mass is 79.9. The number of nitrogens with one attached hydrogen (secondary N) is 1. The van der Waals surface area contributed by atoms with Crippen molar-refractivity contribution in [3.05, 3.63) is 33.3 Å². The fourth-order valence-corrected chi connectivity index (χ4v) is 2.97. The maximum Gasteiger partial charge on any atom is 0.0420 e. The minimum absolute atomic E-state index is 0.423. The molecule has 1 unspecified atom stereocenters. The van der Waals surface area contributed by atoms with E-state index in [4.69, 9.17) is 11.6 Å². The summed E-state index contributed by atoms with van der Waals surface area (Å²) in [5.74, 6) is 0. The van der Waals surface area contributed by atoms with E-state index in [-0.39, 0.29) is 0 Å². The summed E-state index contributed by atoms with van der Waals surface area (Å²) in [4.78, 5) is 0. The van der Waals surface area contributed by atoms with Crippen molar-refractivity contribution in [1.29, 1.82) is 0 Å². The quantitative estimate of drug-likeness (QED) is 0.600. The van der Waals surface area contributed by atoms with E-state index in [1.807, 2.05) is 6.07 Å². The molecule has 1 rings (SSSR count). The molecule has 0 saturated carbocycles. The van der Waals surface area contributed by atoms with Gasteiger partial charge in [-0.05, 0) is 43.1 Å². The van der Waals surface area contributed by atoms with Crippen molar-refractivity contribution in [2.75, 3.05) is 6.54 Å². The Morgan fingerprint density at radius 3 is 2.56 bits per heavy atom. The maximum atomic E-state index is 6.13. The summed E-state index contributed by atoms with van der Waals surface area (Å²) in [6.07, 6.45) is 6.17. The summed E-state index contributed by atoms with van der Waals surface area (Å²) in [5, 5.41) is 4.42. The Morgan fingerprint density at radius 1 is 1.17 bits per heavy atom. The number of unbranched alkanes of at least 4 members (excludes halogenated alkanes) is 2. The van der Waals surface area contributed by atoms with E-state index in [0.717, 1.165) is 22.5 Å². The first-order valence-corrected chi connectivity index (χ1v) is 8.03. The zero-order valence-corrected chi connectivity index (χ0v) is 13.6. The summed E-state index contributed by atoms with van der Waals surface area (Å²) in [6, 6.07) is 6.61. The van der Waals surface area contributed by atoms with Crippen LogP contribution in [-0.4, -0.2) is 6.54 Å². The molecule has 0 aliphatic rings. The van der Waals surface area contributed by atoms with Crippen LogP contribution in [0.4, 0.5) is 0 Å². The zero-order valence-electron chi connectivity index (χ0n) is 11.3. The second kappa shape index (κ2) is 8.95. The molecule has 0 aliphatic carbocycles. The van der Waals surface area contributed by atoms with Gasteiger partial charge in [0, 0.05) is 15.5 Å². The van der Waals surface area contributed by atoms with E-state index in [9.17, 15) is 0 Å². The largest absolute Gasteiger partial charge is 0.310 e. The van der Waals surface area contributed by atoms with E-state index >= 15 is 0 Å². The molecule has 0 aromatic heterocycles. The number of hydrogen-bond acceptors (Lipinski definition) is 1. The first-order valence-electron chi connectivity index (χ1n) is 6.86. The minimum Gasteiger partial charge on any atom is -0.310 e. The van der Waals surface area contributed by atoms with Crippen LogP contribution in [0.1, 0.15) is 57.6 Å². The van der Waals surface area contributed by atoms with Gasteiger partial charge in [-0.2, -0.15) is 0 Å². The van der Waals surface area contributed by atoms with Gasteiger partial charge in [-0.25, -0.2) is 0 Å². The van der Waals surface area contributed by atoms with Crippen LogP contribution in [0, 0.1) is 0 Å². The molecule has 0 radical (unpaired) electrons. The molecule has 1 nitrogen and oxygen atoms in total. The lowest BCUT2D eigenvalue weighted by molar-refractivity contribution is 0.474. The van der Waals surface area contributed by atoms with Crippen LogP contribution in [0.5, 0.6) is 0 Å². The summed E-state index contributed by atoms with van der Waals surface area (Å²) < 4.78 is 1.06. The van der Waals surface area contributed by atoms with Crippen LogP contribution in [0.3, 0.4) is 0 Å². The Balaban J connectivity index is 2.72. The molecule has 1 aromatic carbocycles. The van der Waals surface area contributed by atoms with E-state index < -0.39 is 0 Å². The van der Waals surface area contributed by atoms with E-state index in [1.54, 1.807) is 0 Å². The molecular weight excluding hydrogens is 310 g/mol. The molecule has 3 heteroatoms. The molecular formula is C15H23BrClN. The molecule has 0 bridgehead atoms. The van der Waals surface area contributed by atoms with Crippen LogP contribution in [0.2, 0.25) is 5.02 Å². The van der Waals surface area contributed by atoms with Gasteiger partial charge in [0.2, 0.25) is 0 Å². The summed E-state index contributed by atoms with van der Waals surface area (Å²) in [7, 11) is 0. The van der Waals surface area contributed by atoms with Crippen LogP contribution in [0.25, 0.3) is 0 Å². The van der Waals surface area contributed by atoms with Crippen molar-refractivity contribution in [3.63, 3.8) is 0 Å². The van der Waals surface area contributed by atoms with Crippen molar-refractivity contribution in [2.45, 2.75) is 52.0 Å². The highest BCUT2D eigenvalue weighted by molar-refractivity contribution is 9.10. The van der Waals surface area contributed by atoms with Gasteiger partial charge in [0.05, 0.1) is 0 Å². The van der Waals surface area contributed by atoms with Crippen molar-refractivity contribution >= 4 is 27.5 Å². The highest BCUT2D eigenvalue weighted by Gasteiger charge is 2.11. The Hall–Kier alpha value is -0.0500. The van der Waals surface area contributed by atoms with Crippen molar-refractivity contribution in [1.82, 2.24) is 5.32 Å². The molecule has 0 amide bonds. The molecule has 0 heterocycles. The van der Waals surface area contributed by atoms with E-state index in [2.05, 4.69) is 47.2 Å². The topological polar surface area (TPSA) is 12.0 Å². The standard InChI is InChI=1S/C15H23BrClN/c1-3-5-6-7-15(18-8-4-2)12-9-13(16)11-14(17)10-12/h9-11,15,18H,3-8H2,1-2H3. The molecule has 102 valence electrons. The Kier molecular flexibility index (Phi) is 7.96. The molecule has 0 saturated heterocycles. The maximum absolute atomic E-state index is 6.13. The van der Waals surface area contributed by atoms with Crippen molar-refractivity contribution in [3.8, 4) is 0 Å². The molecule has 1 aromatic rings. The van der Waals surface area contributed by atoms with Crippen LogP contribution < -0.4 is 5.32 Å². The van der Waals surface area contributed by atoms with Gasteiger partial charge in [0.25, 0.3) is 0 Å². The highest BCUT2D eigenvalue weighted by Crippen LogP contribution is 2.27. The molecule has 0 aliphatic heterocycles. The average molecular weight is 333 g/mol. The van der Waals surface area contributed by atoms with Crippen LogP contribution >= 0.6 is 27.5 Å². The molecule has 1 atom stereocenters. The van der Waals surface area contributed by atoms with Gasteiger partial charge in [-0.1, -0.05) is 60.6 Å². The third-order valence-corrected chi connectivity index (χ3v) is 3.70. The zero-order chi connectivity index (χ0) is 13.4. The third-order valence-electron chi connectivity index (χ3n) is 3.02. The molecule has 0 fully saturated rings. The van der Waals surface area contributed by atoms with Gasteiger partial charge >= 0.3 is 0 Å². The summed E-state index contributed by atoms with van der Waals surface area (Å²) in [5.41, 5.74) is 1.29. The van der Waals surface area contributed by atoms with Gasteiger partial charge in [0.1, 0.15) is 0 Å². The van der Waals surface area contributed by atoms with Crippen LogP contribution in [-0.2, 0) is 0 Å². The SMILES string of the molecule is CCCCCC(NCCC)c1cc(Cl)cc(Br)c1. The smallest absolute Gasteiger partial charge is 0.0420 e. The van der Waals surface area contributed by atoms with Crippen molar-refractivity contribution < 1.29 is 0 Å². The van der Waals surface area contributed by atoms with Gasteiger partial charge in [-0.3, -0.25) is 0 Å².